The van der Waals surface area contributed by atoms with Gasteiger partial charge in [0, 0.05) is 17.5 Å². The van der Waals surface area contributed by atoms with E-state index in [-0.39, 0.29) is 11.5 Å². The standard InChI is InChI=1S/C11H13NO3/c1-8(13)11(2,3)9-5-4-6-10(7-9)12(14)15/h4-7H,1-3H3. The van der Waals surface area contributed by atoms with Crippen molar-refractivity contribution in [2.75, 3.05) is 0 Å². The SMILES string of the molecule is CC(=O)C(C)(C)c1cccc([N+](=O)[O-])c1. The molecule has 4 nitrogen and oxygen atoms in total. The number of benzene rings is 1. The Kier molecular flexibility index (Phi) is 2.88. The van der Waals surface area contributed by atoms with Crippen molar-refractivity contribution in [3.63, 3.8) is 0 Å². The Morgan fingerprint density at radius 1 is 1.40 bits per heavy atom. The number of ketones is 1. The van der Waals surface area contributed by atoms with Crippen molar-refractivity contribution < 1.29 is 9.72 Å². The highest BCUT2D eigenvalue weighted by molar-refractivity contribution is 5.87. The van der Waals surface area contributed by atoms with Crippen LogP contribution in [0.3, 0.4) is 0 Å². The van der Waals surface area contributed by atoms with Crippen LogP contribution in [0, 0.1) is 10.1 Å². The molecule has 15 heavy (non-hydrogen) atoms. The molecule has 0 amide bonds. The van der Waals surface area contributed by atoms with Gasteiger partial charge >= 0.3 is 0 Å². The molecule has 1 rings (SSSR count). The van der Waals surface area contributed by atoms with Gasteiger partial charge in [-0.2, -0.15) is 0 Å². The van der Waals surface area contributed by atoms with E-state index in [0.717, 1.165) is 0 Å². The van der Waals surface area contributed by atoms with Crippen LogP contribution in [0.25, 0.3) is 0 Å². The van der Waals surface area contributed by atoms with Crippen LogP contribution in [-0.2, 0) is 10.2 Å². The van der Waals surface area contributed by atoms with Crippen LogP contribution in [0.1, 0.15) is 26.3 Å². The van der Waals surface area contributed by atoms with E-state index in [1.54, 1.807) is 26.0 Å². The molecule has 0 aliphatic heterocycles. The first-order valence-electron chi connectivity index (χ1n) is 4.61. The lowest BCUT2D eigenvalue weighted by molar-refractivity contribution is -0.384. The molecule has 0 N–H and O–H groups in total. The van der Waals surface area contributed by atoms with Gasteiger partial charge in [0.15, 0.2) is 0 Å². The van der Waals surface area contributed by atoms with E-state index in [4.69, 9.17) is 0 Å². The van der Waals surface area contributed by atoms with Crippen LogP contribution >= 0.6 is 0 Å². The van der Waals surface area contributed by atoms with Gasteiger partial charge in [-0.05, 0) is 26.3 Å². The van der Waals surface area contributed by atoms with E-state index < -0.39 is 10.3 Å². The van der Waals surface area contributed by atoms with Crippen LogP contribution in [0.5, 0.6) is 0 Å². The van der Waals surface area contributed by atoms with Crippen molar-refractivity contribution >= 4 is 11.5 Å². The average Bonchev–Trinajstić information content (AvgIpc) is 2.17. The van der Waals surface area contributed by atoms with Gasteiger partial charge in [0.1, 0.15) is 5.78 Å². The Hall–Kier alpha value is -1.71. The summed E-state index contributed by atoms with van der Waals surface area (Å²) < 4.78 is 0. The minimum absolute atomic E-state index is 0.0111. The summed E-state index contributed by atoms with van der Waals surface area (Å²) in [6.07, 6.45) is 0. The van der Waals surface area contributed by atoms with Gasteiger partial charge in [-0.15, -0.1) is 0 Å². The van der Waals surface area contributed by atoms with Gasteiger partial charge in [-0.25, -0.2) is 0 Å². The molecule has 0 radical (unpaired) electrons. The topological polar surface area (TPSA) is 60.2 Å². The summed E-state index contributed by atoms with van der Waals surface area (Å²) in [4.78, 5) is 21.5. The number of nitrogens with zero attached hydrogens (tertiary/aromatic N) is 1. The highest BCUT2D eigenvalue weighted by atomic mass is 16.6. The van der Waals surface area contributed by atoms with Gasteiger partial charge in [0.25, 0.3) is 5.69 Å². The predicted molar refractivity (Wildman–Crippen MR) is 56.8 cm³/mol. The lowest BCUT2D eigenvalue weighted by atomic mass is 9.81. The van der Waals surface area contributed by atoms with E-state index in [9.17, 15) is 14.9 Å². The van der Waals surface area contributed by atoms with Crippen molar-refractivity contribution in [1.29, 1.82) is 0 Å². The van der Waals surface area contributed by atoms with Crippen LogP contribution in [0.4, 0.5) is 5.69 Å². The maximum Gasteiger partial charge on any atom is 0.269 e. The summed E-state index contributed by atoms with van der Waals surface area (Å²) in [5.41, 5.74) is 0.0116. The van der Waals surface area contributed by atoms with Gasteiger partial charge in [0.2, 0.25) is 0 Å². The highest BCUT2D eigenvalue weighted by Gasteiger charge is 2.27. The first-order valence-corrected chi connectivity index (χ1v) is 4.61. The zero-order valence-electron chi connectivity index (χ0n) is 8.98. The smallest absolute Gasteiger partial charge is 0.269 e. The zero-order chi connectivity index (χ0) is 11.6. The molecule has 1 aromatic rings. The molecule has 0 aliphatic carbocycles. The van der Waals surface area contributed by atoms with Crippen LogP contribution in [0.15, 0.2) is 24.3 Å². The number of Topliss-reactive ketones (excluding diaryl/α,β-unsaturated/α-hetero) is 1. The normalized spacial score (nSPS) is 11.1. The first kappa shape index (κ1) is 11.4. The molecule has 0 saturated heterocycles. The van der Waals surface area contributed by atoms with E-state index in [1.807, 2.05) is 0 Å². The van der Waals surface area contributed by atoms with Crippen molar-refractivity contribution in [3.8, 4) is 0 Å². The fourth-order valence-corrected chi connectivity index (χ4v) is 1.21. The van der Waals surface area contributed by atoms with Gasteiger partial charge in [-0.3, -0.25) is 14.9 Å². The van der Waals surface area contributed by atoms with Crippen molar-refractivity contribution in [2.24, 2.45) is 0 Å². The largest absolute Gasteiger partial charge is 0.299 e. The van der Waals surface area contributed by atoms with Crippen molar-refractivity contribution in [2.45, 2.75) is 26.2 Å². The molecule has 80 valence electrons. The summed E-state index contributed by atoms with van der Waals surface area (Å²) in [5.74, 6) is -0.0111. The second-order valence-corrected chi connectivity index (χ2v) is 3.99. The molecule has 0 bridgehead atoms. The minimum atomic E-state index is -0.675. The molecule has 0 fully saturated rings. The summed E-state index contributed by atoms with van der Waals surface area (Å²) in [6.45, 7) is 5.00. The Balaban J connectivity index is 3.21. The molecule has 0 atom stereocenters. The molecule has 0 unspecified atom stereocenters. The summed E-state index contributed by atoms with van der Waals surface area (Å²) >= 11 is 0. The number of carbonyl (C=O) groups is 1. The molecular formula is C11H13NO3. The third-order valence-corrected chi connectivity index (χ3v) is 2.66. The van der Waals surface area contributed by atoms with Crippen LogP contribution in [0.2, 0.25) is 0 Å². The quantitative estimate of drug-likeness (QED) is 0.565. The van der Waals surface area contributed by atoms with Crippen molar-refractivity contribution in [1.82, 2.24) is 0 Å². The molecule has 0 heterocycles. The number of hydrogen-bond acceptors (Lipinski definition) is 3. The summed E-state index contributed by atoms with van der Waals surface area (Å²) in [7, 11) is 0. The van der Waals surface area contributed by atoms with Gasteiger partial charge < -0.3 is 0 Å². The second-order valence-electron chi connectivity index (χ2n) is 3.99. The number of hydrogen-bond donors (Lipinski definition) is 0. The maximum absolute atomic E-state index is 11.4. The molecular weight excluding hydrogens is 194 g/mol. The second kappa shape index (κ2) is 3.81. The molecule has 0 saturated carbocycles. The fraction of sp³-hybridized carbons (Fsp3) is 0.364. The van der Waals surface area contributed by atoms with Crippen molar-refractivity contribution in [3.05, 3.63) is 39.9 Å². The number of nitro groups is 1. The number of rotatable bonds is 3. The van der Waals surface area contributed by atoms with Gasteiger partial charge in [-0.1, -0.05) is 12.1 Å². The molecule has 0 spiro atoms. The zero-order valence-corrected chi connectivity index (χ0v) is 8.98. The minimum Gasteiger partial charge on any atom is -0.299 e. The van der Waals surface area contributed by atoms with Gasteiger partial charge in [0.05, 0.1) is 4.92 Å². The van der Waals surface area contributed by atoms with E-state index in [2.05, 4.69) is 0 Å². The lowest BCUT2D eigenvalue weighted by Gasteiger charge is -2.21. The Bertz CT molecular complexity index is 410. The van der Waals surface area contributed by atoms with Crippen LogP contribution < -0.4 is 0 Å². The summed E-state index contributed by atoms with van der Waals surface area (Å²) in [6, 6.07) is 6.19. The fourth-order valence-electron chi connectivity index (χ4n) is 1.21. The lowest BCUT2D eigenvalue weighted by Crippen LogP contribution is -2.26. The number of carbonyl (C=O) groups excluding carboxylic acids is 1. The Morgan fingerprint density at radius 2 is 2.00 bits per heavy atom. The average molecular weight is 207 g/mol. The van der Waals surface area contributed by atoms with Crippen LogP contribution in [-0.4, -0.2) is 10.7 Å². The molecule has 0 aromatic heterocycles. The first-order chi connectivity index (χ1) is 6.85. The molecule has 1 aromatic carbocycles. The number of nitro benzene ring substituents is 1. The predicted octanol–water partition coefficient (Wildman–Crippen LogP) is 2.46. The molecule has 4 heteroatoms. The van der Waals surface area contributed by atoms with E-state index >= 15 is 0 Å². The third-order valence-electron chi connectivity index (χ3n) is 2.66. The number of non-ortho nitro benzene ring substituents is 1. The summed E-state index contributed by atoms with van der Waals surface area (Å²) in [5, 5.41) is 10.6. The van der Waals surface area contributed by atoms with E-state index in [0.29, 0.717) is 5.56 Å². The molecule has 0 aliphatic rings. The third kappa shape index (κ3) is 2.21. The highest BCUT2D eigenvalue weighted by Crippen LogP contribution is 2.26. The monoisotopic (exact) mass is 207 g/mol. The Labute approximate surface area is 88.1 Å². The maximum atomic E-state index is 11.4. The van der Waals surface area contributed by atoms with E-state index in [1.165, 1.54) is 19.1 Å². The Morgan fingerprint density at radius 3 is 2.47 bits per heavy atom.